The van der Waals surface area contributed by atoms with Crippen LogP contribution < -0.4 is 0 Å². The number of halogens is 1. The number of aliphatic carboxylic acids is 1. The zero-order valence-corrected chi connectivity index (χ0v) is 11.9. The lowest BCUT2D eigenvalue weighted by atomic mass is 10.1. The summed E-state index contributed by atoms with van der Waals surface area (Å²) in [6, 6.07) is 13.9. The summed E-state index contributed by atoms with van der Waals surface area (Å²) in [7, 11) is 0. The van der Waals surface area contributed by atoms with Gasteiger partial charge in [-0.05, 0) is 37.1 Å². The van der Waals surface area contributed by atoms with Crippen LogP contribution in [0.5, 0.6) is 0 Å². The van der Waals surface area contributed by atoms with Crippen LogP contribution in [0.15, 0.2) is 53.4 Å². The number of carboxylic acid groups (broad SMARTS) is 1. The van der Waals surface area contributed by atoms with Gasteiger partial charge in [0.25, 0.3) is 0 Å². The van der Waals surface area contributed by atoms with Crippen molar-refractivity contribution in [3.8, 4) is 0 Å². The van der Waals surface area contributed by atoms with Gasteiger partial charge in [-0.2, -0.15) is 0 Å². The predicted octanol–water partition coefficient (Wildman–Crippen LogP) is 3.92. The lowest BCUT2D eigenvalue weighted by Gasteiger charge is -2.13. The summed E-state index contributed by atoms with van der Waals surface area (Å²) < 4.78 is 13.6. The molecule has 1 atom stereocenters. The van der Waals surface area contributed by atoms with E-state index in [4.69, 9.17) is 0 Å². The van der Waals surface area contributed by atoms with E-state index in [1.165, 1.54) is 17.8 Å². The monoisotopic (exact) mass is 290 g/mol. The number of hydrogen-bond acceptors (Lipinski definition) is 2. The molecule has 104 valence electrons. The van der Waals surface area contributed by atoms with Crippen molar-refractivity contribution < 1.29 is 14.3 Å². The van der Waals surface area contributed by atoms with Crippen molar-refractivity contribution in [3.63, 3.8) is 0 Å². The SMILES string of the molecule is Cc1ccc(S[C@@H](Cc2ccccc2F)C(=O)O)cc1. The van der Waals surface area contributed by atoms with Crippen molar-refractivity contribution >= 4 is 17.7 Å². The Morgan fingerprint density at radius 2 is 1.85 bits per heavy atom. The highest BCUT2D eigenvalue weighted by Crippen LogP contribution is 2.27. The van der Waals surface area contributed by atoms with Gasteiger partial charge in [-0.25, -0.2) is 4.39 Å². The fraction of sp³-hybridized carbons (Fsp3) is 0.188. The molecule has 0 saturated carbocycles. The highest BCUT2D eigenvalue weighted by molar-refractivity contribution is 8.00. The molecule has 2 aromatic rings. The van der Waals surface area contributed by atoms with Crippen LogP contribution in [0.3, 0.4) is 0 Å². The number of benzene rings is 2. The third-order valence-corrected chi connectivity index (χ3v) is 4.14. The van der Waals surface area contributed by atoms with Gasteiger partial charge >= 0.3 is 5.97 Å². The lowest BCUT2D eigenvalue weighted by Crippen LogP contribution is -2.19. The molecule has 1 N–H and O–H groups in total. The van der Waals surface area contributed by atoms with Crippen molar-refractivity contribution in [3.05, 3.63) is 65.5 Å². The van der Waals surface area contributed by atoms with Crippen LogP contribution in [0.1, 0.15) is 11.1 Å². The molecule has 20 heavy (non-hydrogen) atoms. The van der Waals surface area contributed by atoms with E-state index in [-0.39, 0.29) is 12.2 Å². The second-order valence-corrected chi connectivity index (χ2v) is 5.83. The Hall–Kier alpha value is -1.81. The Labute approximate surface area is 121 Å². The average molecular weight is 290 g/mol. The molecule has 0 aromatic heterocycles. The first-order chi connectivity index (χ1) is 9.56. The molecule has 0 aliphatic heterocycles. The van der Waals surface area contributed by atoms with Crippen LogP contribution in [0.4, 0.5) is 4.39 Å². The summed E-state index contributed by atoms with van der Waals surface area (Å²) >= 11 is 1.24. The van der Waals surface area contributed by atoms with Crippen LogP contribution in [0.2, 0.25) is 0 Å². The van der Waals surface area contributed by atoms with E-state index in [2.05, 4.69) is 0 Å². The fourth-order valence-corrected chi connectivity index (χ4v) is 2.81. The van der Waals surface area contributed by atoms with Crippen LogP contribution in [-0.2, 0) is 11.2 Å². The molecule has 0 bridgehead atoms. The summed E-state index contributed by atoms with van der Waals surface area (Å²) in [5.74, 6) is -1.29. The maximum atomic E-state index is 13.6. The Morgan fingerprint density at radius 1 is 1.20 bits per heavy atom. The Bertz CT molecular complexity index is 596. The highest BCUT2D eigenvalue weighted by Gasteiger charge is 2.20. The van der Waals surface area contributed by atoms with E-state index in [0.29, 0.717) is 5.56 Å². The molecule has 0 aliphatic rings. The van der Waals surface area contributed by atoms with Crippen molar-refractivity contribution in [1.82, 2.24) is 0 Å². The standard InChI is InChI=1S/C16H15FO2S/c1-11-6-8-13(9-7-11)20-15(16(18)19)10-12-4-2-3-5-14(12)17/h2-9,15H,10H2,1H3,(H,18,19)/t15-/m0/s1. The van der Waals surface area contributed by atoms with Crippen molar-refractivity contribution in [2.24, 2.45) is 0 Å². The molecule has 0 aliphatic carbocycles. The molecule has 0 fully saturated rings. The molecule has 0 heterocycles. The smallest absolute Gasteiger partial charge is 0.317 e. The molecule has 0 spiro atoms. The summed E-state index contributed by atoms with van der Waals surface area (Å²) in [4.78, 5) is 12.2. The largest absolute Gasteiger partial charge is 0.480 e. The average Bonchev–Trinajstić information content (AvgIpc) is 2.42. The number of carbonyl (C=O) groups is 1. The molecular weight excluding hydrogens is 275 g/mol. The van der Waals surface area contributed by atoms with Gasteiger partial charge in [0.05, 0.1) is 0 Å². The van der Waals surface area contributed by atoms with Gasteiger partial charge in [-0.3, -0.25) is 4.79 Å². The van der Waals surface area contributed by atoms with E-state index in [9.17, 15) is 14.3 Å². The lowest BCUT2D eigenvalue weighted by molar-refractivity contribution is -0.136. The van der Waals surface area contributed by atoms with Crippen LogP contribution in [0.25, 0.3) is 0 Å². The highest BCUT2D eigenvalue weighted by atomic mass is 32.2. The summed E-state index contributed by atoms with van der Waals surface area (Å²) in [5.41, 5.74) is 1.55. The molecule has 2 rings (SSSR count). The second-order valence-electron chi connectivity index (χ2n) is 4.55. The fourth-order valence-electron chi connectivity index (χ4n) is 1.82. The maximum Gasteiger partial charge on any atom is 0.317 e. The summed E-state index contributed by atoms with van der Waals surface area (Å²) in [6.07, 6.45) is 0.167. The van der Waals surface area contributed by atoms with E-state index >= 15 is 0 Å². The van der Waals surface area contributed by atoms with Gasteiger partial charge in [0.1, 0.15) is 11.1 Å². The molecule has 2 aromatic carbocycles. The van der Waals surface area contributed by atoms with Crippen LogP contribution >= 0.6 is 11.8 Å². The second kappa shape index (κ2) is 6.57. The Balaban J connectivity index is 2.14. The molecule has 0 unspecified atom stereocenters. The number of hydrogen-bond donors (Lipinski definition) is 1. The third kappa shape index (κ3) is 3.84. The topological polar surface area (TPSA) is 37.3 Å². The van der Waals surface area contributed by atoms with Gasteiger partial charge in [-0.1, -0.05) is 35.9 Å². The first-order valence-corrected chi connectivity index (χ1v) is 7.14. The molecule has 0 saturated heterocycles. The van der Waals surface area contributed by atoms with E-state index < -0.39 is 11.2 Å². The van der Waals surface area contributed by atoms with Gasteiger partial charge in [0.2, 0.25) is 0 Å². The van der Waals surface area contributed by atoms with Crippen molar-refractivity contribution in [2.75, 3.05) is 0 Å². The number of thioether (sulfide) groups is 1. The van der Waals surface area contributed by atoms with Crippen molar-refractivity contribution in [2.45, 2.75) is 23.5 Å². The quantitative estimate of drug-likeness (QED) is 0.848. The normalized spacial score (nSPS) is 12.1. The minimum absolute atomic E-state index is 0.167. The van der Waals surface area contributed by atoms with Crippen molar-refractivity contribution in [1.29, 1.82) is 0 Å². The number of carboxylic acids is 1. The zero-order valence-electron chi connectivity index (χ0n) is 11.0. The van der Waals surface area contributed by atoms with E-state index in [0.717, 1.165) is 10.5 Å². The number of rotatable bonds is 5. The Morgan fingerprint density at radius 3 is 2.45 bits per heavy atom. The molecular formula is C16H15FO2S. The van der Waals surface area contributed by atoms with Gasteiger partial charge in [0.15, 0.2) is 0 Å². The first kappa shape index (κ1) is 14.6. The van der Waals surface area contributed by atoms with E-state index in [1.54, 1.807) is 18.2 Å². The third-order valence-electron chi connectivity index (χ3n) is 2.94. The maximum absolute atomic E-state index is 13.6. The summed E-state index contributed by atoms with van der Waals surface area (Å²) in [6.45, 7) is 1.97. The van der Waals surface area contributed by atoms with Crippen LogP contribution in [0, 0.1) is 12.7 Å². The minimum Gasteiger partial charge on any atom is -0.480 e. The van der Waals surface area contributed by atoms with Gasteiger partial charge in [-0.15, -0.1) is 11.8 Å². The van der Waals surface area contributed by atoms with Gasteiger partial charge in [0, 0.05) is 4.90 Å². The zero-order chi connectivity index (χ0) is 14.5. The van der Waals surface area contributed by atoms with Gasteiger partial charge < -0.3 is 5.11 Å². The van der Waals surface area contributed by atoms with E-state index in [1.807, 2.05) is 31.2 Å². The predicted molar refractivity (Wildman–Crippen MR) is 78.6 cm³/mol. The molecule has 2 nitrogen and oxygen atoms in total. The Kier molecular flexibility index (Phi) is 4.79. The molecule has 0 radical (unpaired) electrons. The minimum atomic E-state index is -0.932. The molecule has 0 amide bonds. The first-order valence-electron chi connectivity index (χ1n) is 6.26. The number of aryl methyl sites for hydroxylation is 1. The van der Waals surface area contributed by atoms with Crippen LogP contribution in [-0.4, -0.2) is 16.3 Å². The summed E-state index contributed by atoms with van der Waals surface area (Å²) in [5, 5.41) is 8.60. The molecule has 4 heteroatoms.